The van der Waals surface area contributed by atoms with Crippen LogP contribution in [0.2, 0.25) is 0 Å². The Bertz CT molecular complexity index is 298. The van der Waals surface area contributed by atoms with Gasteiger partial charge in [-0.1, -0.05) is 30.3 Å². The molecule has 2 aliphatic heterocycles. The van der Waals surface area contributed by atoms with E-state index in [4.69, 9.17) is 0 Å². The molecule has 0 spiro atoms. The molecule has 1 unspecified atom stereocenters. The van der Waals surface area contributed by atoms with E-state index >= 15 is 0 Å². The molecule has 1 aromatic carbocycles. The Kier molecular flexibility index (Phi) is 2.06. The Labute approximate surface area is 85.5 Å². The van der Waals surface area contributed by atoms with Gasteiger partial charge >= 0.3 is 0 Å². The van der Waals surface area contributed by atoms with Crippen molar-refractivity contribution in [1.29, 1.82) is 0 Å². The van der Waals surface area contributed by atoms with E-state index in [-0.39, 0.29) is 0 Å². The van der Waals surface area contributed by atoms with Gasteiger partial charge in [0.15, 0.2) is 0 Å². The molecule has 0 aromatic heterocycles. The maximum absolute atomic E-state index is 3.67. The lowest BCUT2D eigenvalue weighted by molar-refractivity contribution is 0.0832. The Morgan fingerprint density at radius 3 is 2.57 bits per heavy atom. The third-order valence-electron chi connectivity index (χ3n) is 3.81. The number of fused-ring (bicyclic) bond motifs is 2. The predicted molar refractivity (Wildman–Crippen MR) is 58.2 cm³/mol. The first-order valence-electron chi connectivity index (χ1n) is 5.69. The van der Waals surface area contributed by atoms with Crippen LogP contribution in [0.15, 0.2) is 30.3 Å². The van der Waals surface area contributed by atoms with Crippen LogP contribution < -0.4 is 5.32 Å². The molecule has 1 N–H and O–H groups in total. The maximum Gasteiger partial charge on any atom is 0.0136 e. The molecule has 2 saturated heterocycles. The van der Waals surface area contributed by atoms with Crippen LogP contribution in [0.5, 0.6) is 0 Å². The summed E-state index contributed by atoms with van der Waals surface area (Å²) in [7, 11) is 0. The van der Waals surface area contributed by atoms with E-state index < -0.39 is 0 Å². The average Bonchev–Trinajstić information content (AvgIpc) is 2.18. The van der Waals surface area contributed by atoms with Gasteiger partial charge in [0.2, 0.25) is 0 Å². The largest absolute Gasteiger partial charge is 0.313 e. The number of nitrogens with one attached hydrogen (secondary N) is 1. The second kappa shape index (κ2) is 3.39. The minimum atomic E-state index is 0.752. The number of benzene rings is 1. The van der Waals surface area contributed by atoms with Crippen molar-refractivity contribution in [2.45, 2.75) is 25.3 Å². The zero-order chi connectivity index (χ0) is 9.38. The minimum absolute atomic E-state index is 0.752. The first kappa shape index (κ1) is 8.49. The fourth-order valence-corrected chi connectivity index (χ4v) is 2.87. The summed E-state index contributed by atoms with van der Waals surface area (Å²) < 4.78 is 0. The highest BCUT2D eigenvalue weighted by atomic mass is 15.0. The summed E-state index contributed by atoms with van der Waals surface area (Å²) in [6.07, 6.45) is 4.17. The van der Waals surface area contributed by atoms with Crippen LogP contribution >= 0.6 is 0 Å². The molecule has 1 nitrogen and oxygen atoms in total. The SMILES string of the molecule is c1ccc(CC2NCC3CC2C3)cc1. The van der Waals surface area contributed by atoms with Crippen LogP contribution in [0.3, 0.4) is 0 Å². The molecule has 0 radical (unpaired) electrons. The van der Waals surface area contributed by atoms with Crippen LogP contribution in [0.1, 0.15) is 18.4 Å². The van der Waals surface area contributed by atoms with E-state index in [9.17, 15) is 0 Å². The highest BCUT2D eigenvalue weighted by Gasteiger charge is 2.39. The topological polar surface area (TPSA) is 12.0 Å². The number of hydrogen-bond acceptors (Lipinski definition) is 1. The Balaban J connectivity index is 1.67. The first-order chi connectivity index (χ1) is 6.92. The highest BCUT2D eigenvalue weighted by molar-refractivity contribution is 5.17. The Hall–Kier alpha value is -0.820. The predicted octanol–water partition coefficient (Wildman–Crippen LogP) is 2.23. The fraction of sp³-hybridized carbons (Fsp3) is 0.538. The normalized spacial score (nSPS) is 35.0. The van der Waals surface area contributed by atoms with Gasteiger partial charge in [-0.25, -0.2) is 0 Å². The zero-order valence-electron chi connectivity index (χ0n) is 8.45. The molecule has 0 amide bonds. The molecule has 1 aromatic rings. The summed E-state index contributed by atoms with van der Waals surface area (Å²) in [4.78, 5) is 0. The lowest BCUT2D eigenvalue weighted by atomic mass is 9.66. The molecule has 4 rings (SSSR count). The first-order valence-corrected chi connectivity index (χ1v) is 5.69. The zero-order valence-corrected chi connectivity index (χ0v) is 8.45. The number of hydrogen-bond donors (Lipinski definition) is 1. The van der Waals surface area contributed by atoms with Gasteiger partial charge in [-0.2, -0.15) is 0 Å². The number of rotatable bonds is 2. The van der Waals surface area contributed by atoms with Crippen LogP contribution in [0.4, 0.5) is 0 Å². The van der Waals surface area contributed by atoms with Crippen LogP contribution in [-0.2, 0) is 6.42 Å². The molecule has 2 bridgehead atoms. The molecular formula is C13H17N. The minimum Gasteiger partial charge on any atom is -0.313 e. The van der Waals surface area contributed by atoms with Crippen molar-refractivity contribution in [3.63, 3.8) is 0 Å². The molecule has 3 aliphatic rings. The molecular weight excluding hydrogens is 170 g/mol. The Morgan fingerprint density at radius 1 is 1.14 bits per heavy atom. The smallest absolute Gasteiger partial charge is 0.0136 e. The van der Waals surface area contributed by atoms with Crippen molar-refractivity contribution in [3.05, 3.63) is 35.9 Å². The lowest BCUT2D eigenvalue weighted by Crippen LogP contribution is -2.54. The van der Waals surface area contributed by atoms with Gasteiger partial charge in [0.05, 0.1) is 0 Å². The summed E-state index contributed by atoms with van der Waals surface area (Å²) in [6.45, 7) is 1.26. The van der Waals surface area contributed by atoms with Crippen molar-refractivity contribution in [2.75, 3.05) is 6.54 Å². The van der Waals surface area contributed by atoms with Crippen molar-refractivity contribution in [1.82, 2.24) is 5.32 Å². The van der Waals surface area contributed by atoms with Crippen LogP contribution in [0, 0.1) is 11.8 Å². The summed E-state index contributed by atoms with van der Waals surface area (Å²) in [5, 5.41) is 3.67. The second-order valence-corrected chi connectivity index (χ2v) is 4.80. The molecule has 3 fully saturated rings. The van der Waals surface area contributed by atoms with Gasteiger partial charge in [0, 0.05) is 6.04 Å². The third kappa shape index (κ3) is 1.46. The fourth-order valence-electron chi connectivity index (χ4n) is 2.87. The van der Waals surface area contributed by atoms with Gasteiger partial charge in [-0.3, -0.25) is 0 Å². The standard InChI is InChI=1S/C13H17N/c1-2-4-10(5-3-1)8-13-12-6-11(7-12)9-14-13/h1-5,11-14H,6-9H2. The van der Waals surface area contributed by atoms with Gasteiger partial charge in [0.25, 0.3) is 0 Å². The summed E-state index contributed by atoms with van der Waals surface area (Å²) >= 11 is 0. The van der Waals surface area contributed by atoms with E-state index in [1.807, 2.05) is 0 Å². The molecule has 1 heteroatoms. The quantitative estimate of drug-likeness (QED) is 0.748. The van der Waals surface area contributed by atoms with Crippen molar-refractivity contribution in [3.8, 4) is 0 Å². The van der Waals surface area contributed by atoms with Gasteiger partial charge in [-0.15, -0.1) is 0 Å². The molecule has 74 valence electrons. The summed E-state index contributed by atoms with van der Waals surface area (Å²) in [6, 6.07) is 11.6. The van der Waals surface area contributed by atoms with Crippen LogP contribution in [-0.4, -0.2) is 12.6 Å². The number of piperidine rings is 2. The molecule has 14 heavy (non-hydrogen) atoms. The van der Waals surface area contributed by atoms with E-state index in [1.165, 1.54) is 31.4 Å². The van der Waals surface area contributed by atoms with E-state index in [0.717, 1.165) is 17.9 Å². The summed E-state index contributed by atoms with van der Waals surface area (Å²) in [5.74, 6) is 1.97. The van der Waals surface area contributed by atoms with E-state index in [2.05, 4.69) is 35.6 Å². The molecule has 1 saturated carbocycles. The highest BCUT2D eigenvalue weighted by Crippen LogP contribution is 2.40. The van der Waals surface area contributed by atoms with E-state index in [0.29, 0.717) is 0 Å². The van der Waals surface area contributed by atoms with Crippen LogP contribution in [0.25, 0.3) is 0 Å². The monoisotopic (exact) mass is 187 g/mol. The molecule has 1 atom stereocenters. The molecule has 1 aliphatic carbocycles. The maximum atomic E-state index is 3.67. The van der Waals surface area contributed by atoms with Crippen molar-refractivity contribution in [2.24, 2.45) is 11.8 Å². The lowest BCUT2D eigenvalue weighted by Gasteiger charge is -2.47. The van der Waals surface area contributed by atoms with E-state index in [1.54, 1.807) is 0 Å². The second-order valence-electron chi connectivity index (χ2n) is 4.80. The van der Waals surface area contributed by atoms with Gasteiger partial charge < -0.3 is 5.32 Å². The third-order valence-corrected chi connectivity index (χ3v) is 3.81. The van der Waals surface area contributed by atoms with Crippen molar-refractivity contribution >= 4 is 0 Å². The summed E-state index contributed by atoms with van der Waals surface area (Å²) in [5.41, 5.74) is 1.48. The van der Waals surface area contributed by atoms with Gasteiger partial charge in [0.1, 0.15) is 0 Å². The average molecular weight is 187 g/mol. The molecule has 2 heterocycles. The van der Waals surface area contributed by atoms with Crippen molar-refractivity contribution < 1.29 is 0 Å². The Morgan fingerprint density at radius 2 is 1.93 bits per heavy atom. The van der Waals surface area contributed by atoms with Gasteiger partial charge in [-0.05, 0) is 43.2 Å².